The first-order chi connectivity index (χ1) is 7.00. The summed E-state index contributed by atoms with van der Waals surface area (Å²) < 4.78 is 22.7. The summed E-state index contributed by atoms with van der Waals surface area (Å²) in [6, 6.07) is 5.25. The summed E-state index contributed by atoms with van der Waals surface area (Å²) in [7, 11) is -1.63. The Hall–Kier alpha value is -1.07. The number of sulfonamides is 1. The van der Waals surface area contributed by atoms with Crippen LogP contribution in [0.25, 0.3) is 0 Å². The highest BCUT2D eigenvalue weighted by atomic mass is 32.2. The molecule has 0 aromatic heterocycles. The largest absolute Gasteiger partial charge is 0.374 e. The second-order valence-electron chi connectivity index (χ2n) is 3.82. The Balaban J connectivity index is 2.65. The minimum absolute atomic E-state index is 0.270. The average Bonchev–Trinajstić information content (AvgIpc) is 2.16. The molecule has 0 saturated heterocycles. The van der Waals surface area contributed by atoms with Crippen LogP contribution in [0, 0.1) is 0 Å². The lowest BCUT2D eigenvalue weighted by molar-refractivity contribution is 0.595. The van der Waals surface area contributed by atoms with E-state index in [9.17, 15) is 8.42 Å². The van der Waals surface area contributed by atoms with Crippen molar-refractivity contribution in [2.45, 2.75) is 17.7 Å². The fourth-order valence-corrected chi connectivity index (χ4v) is 2.86. The van der Waals surface area contributed by atoms with Gasteiger partial charge in [-0.05, 0) is 30.5 Å². The van der Waals surface area contributed by atoms with Gasteiger partial charge < -0.3 is 4.90 Å². The van der Waals surface area contributed by atoms with Crippen molar-refractivity contribution in [3.05, 3.63) is 23.8 Å². The van der Waals surface area contributed by atoms with Gasteiger partial charge in [0.1, 0.15) is 0 Å². The Morgan fingerprint density at radius 1 is 1.40 bits per heavy atom. The molecule has 0 saturated carbocycles. The number of anilines is 1. The van der Waals surface area contributed by atoms with Crippen molar-refractivity contribution in [1.29, 1.82) is 0 Å². The van der Waals surface area contributed by atoms with Crippen molar-refractivity contribution >= 4 is 15.7 Å². The van der Waals surface area contributed by atoms with E-state index < -0.39 is 10.0 Å². The molecule has 0 fully saturated rings. The first kappa shape index (κ1) is 10.4. The van der Waals surface area contributed by atoms with Gasteiger partial charge in [-0.1, -0.05) is 6.07 Å². The predicted molar refractivity (Wildman–Crippen MR) is 59.4 cm³/mol. The molecule has 0 aliphatic carbocycles. The minimum Gasteiger partial charge on any atom is -0.374 e. The molecular weight excluding hydrogens is 212 g/mol. The fourth-order valence-electron chi connectivity index (χ4n) is 2.04. The van der Waals surface area contributed by atoms with E-state index in [0.717, 1.165) is 30.6 Å². The molecular formula is C10H14N2O2S. The van der Waals surface area contributed by atoms with E-state index in [1.54, 1.807) is 12.1 Å². The lowest BCUT2D eigenvalue weighted by atomic mass is 10.0. The van der Waals surface area contributed by atoms with Crippen LogP contribution >= 0.6 is 0 Å². The van der Waals surface area contributed by atoms with E-state index in [-0.39, 0.29) is 4.90 Å². The molecule has 1 heterocycles. The van der Waals surface area contributed by atoms with E-state index in [4.69, 9.17) is 5.14 Å². The summed E-state index contributed by atoms with van der Waals surface area (Å²) in [5, 5.41) is 5.18. The third kappa shape index (κ3) is 1.85. The van der Waals surface area contributed by atoms with Gasteiger partial charge in [0.2, 0.25) is 10.0 Å². The summed E-state index contributed by atoms with van der Waals surface area (Å²) >= 11 is 0. The predicted octanol–water partition coefficient (Wildman–Crippen LogP) is 0.716. The summed E-state index contributed by atoms with van der Waals surface area (Å²) in [5.74, 6) is 0. The smallest absolute Gasteiger partial charge is 0.238 e. The molecule has 15 heavy (non-hydrogen) atoms. The molecule has 1 aromatic rings. The van der Waals surface area contributed by atoms with E-state index >= 15 is 0 Å². The Kier molecular flexibility index (Phi) is 2.44. The molecule has 1 aromatic carbocycles. The van der Waals surface area contributed by atoms with Crippen molar-refractivity contribution in [2.75, 3.05) is 18.5 Å². The molecule has 0 spiro atoms. The van der Waals surface area contributed by atoms with Crippen LogP contribution in [0.1, 0.15) is 12.0 Å². The van der Waals surface area contributed by atoms with Crippen molar-refractivity contribution in [3.63, 3.8) is 0 Å². The number of hydrogen-bond donors (Lipinski definition) is 1. The SMILES string of the molecule is CN1CCCc2c1cccc2S(N)(=O)=O. The number of primary sulfonamides is 1. The second-order valence-corrected chi connectivity index (χ2v) is 5.35. The molecule has 4 nitrogen and oxygen atoms in total. The topological polar surface area (TPSA) is 63.4 Å². The fraction of sp³-hybridized carbons (Fsp3) is 0.400. The summed E-state index contributed by atoms with van der Waals surface area (Å²) in [6.45, 7) is 0.959. The molecule has 82 valence electrons. The van der Waals surface area contributed by atoms with Gasteiger partial charge >= 0.3 is 0 Å². The van der Waals surface area contributed by atoms with Crippen molar-refractivity contribution in [1.82, 2.24) is 0 Å². The maximum absolute atomic E-state index is 11.4. The van der Waals surface area contributed by atoms with Gasteiger partial charge in [-0.2, -0.15) is 0 Å². The molecule has 0 atom stereocenters. The quantitative estimate of drug-likeness (QED) is 0.767. The van der Waals surface area contributed by atoms with Gasteiger partial charge in [-0.25, -0.2) is 13.6 Å². The number of benzene rings is 1. The van der Waals surface area contributed by atoms with Crippen molar-refractivity contribution < 1.29 is 8.42 Å². The number of fused-ring (bicyclic) bond motifs is 1. The van der Waals surface area contributed by atoms with Crippen molar-refractivity contribution in [3.8, 4) is 0 Å². The molecule has 0 bridgehead atoms. The number of nitrogens with two attached hydrogens (primary N) is 1. The van der Waals surface area contributed by atoms with Gasteiger partial charge in [0.05, 0.1) is 4.90 Å². The molecule has 2 N–H and O–H groups in total. The van der Waals surface area contributed by atoms with Gasteiger partial charge in [0.25, 0.3) is 0 Å². The lowest BCUT2D eigenvalue weighted by Crippen LogP contribution is -2.27. The van der Waals surface area contributed by atoms with Crippen LogP contribution < -0.4 is 10.0 Å². The molecule has 1 aliphatic rings. The second kappa shape index (κ2) is 3.50. The van der Waals surface area contributed by atoms with E-state index in [2.05, 4.69) is 4.90 Å². The first-order valence-corrected chi connectivity index (χ1v) is 6.40. The third-order valence-corrected chi connectivity index (χ3v) is 3.74. The van der Waals surface area contributed by atoms with Crippen LogP contribution in [0.4, 0.5) is 5.69 Å². The van der Waals surface area contributed by atoms with Gasteiger partial charge in [-0.3, -0.25) is 0 Å². The minimum atomic E-state index is -3.59. The van der Waals surface area contributed by atoms with Crippen LogP contribution in [0.3, 0.4) is 0 Å². The Bertz CT molecular complexity index is 482. The molecule has 0 radical (unpaired) electrons. The highest BCUT2D eigenvalue weighted by molar-refractivity contribution is 7.89. The number of nitrogens with zero attached hydrogens (tertiary/aromatic N) is 1. The monoisotopic (exact) mass is 226 g/mol. The number of hydrogen-bond acceptors (Lipinski definition) is 3. The highest BCUT2D eigenvalue weighted by Gasteiger charge is 2.21. The number of rotatable bonds is 1. The standard InChI is InChI=1S/C10H14N2O2S/c1-12-7-3-4-8-9(12)5-2-6-10(8)15(11,13)14/h2,5-6H,3-4,7H2,1H3,(H2,11,13,14). The third-order valence-electron chi connectivity index (χ3n) is 2.75. The van der Waals surface area contributed by atoms with Crippen LogP contribution in [0.15, 0.2) is 23.1 Å². The maximum atomic E-state index is 11.4. The molecule has 1 aliphatic heterocycles. The van der Waals surface area contributed by atoms with Crippen molar-refractivity contribution in [2.24, 2.45) is 5.14 Å². The Labute approximate surface area is 89.7 Å². The van der Waals surface area contributed by atoms with Crippen LogP contribution in [-0.2, 0) is 16.4 Å². The Morgan fingerprint density at radius 2 is 2.13 bits per heavy atom. The molecule has 5 heteroatoms. The van der Waals surface area contributed by atoms with E-state index in [0.29, 0.717) is 0 Å². The summed E-state index contributed by atoms with van der Waals surface area (Å²) in [5.41, 5.74) is 1.83. The maximum Gasteiger partial charge on any atom is 0.238 e. The summed E-state index contributed by atoms with van der Waals surface area (Å²) in [4.78, 5) is 2.33. The van der Waals surface area contributed by atoms with E-state index in [1.165, 1.54) is 0 Å². The lowest BCUT2D eigenvalue weighted by Gasteiger charge is -2.28. The molecule has 0 amide bonds. The Morgan fingerprint density at radius 3 is 2.80 bits per heavy atom. The van der Waals surface area contributed by atoms with Gasteiger partial charge in [0.15, 0.2) is 0 Å². The normalized spacial score (nSPS) is 16.3. The van der Waals surface area contributed by atoms with E-state index in [1.807, 2.05) is 13.1 Å². The zero-order valence-electron chi connectivity index (χ0n) is 8.60. The zero-order valence-corrected chi connectivity index (χ0v) is 9.42. The summed E-state index contributed by atoms with van der Waals surface area (Å²) in [6.07, 6.45) is 1.75. The molecule has 2 rings (SSSR count). The molecule has 0 unspecified atom stereocenters. The highest BCUT2D eigenvalue weighted by Crippen LogP contribution is 2.30. The van der Waals surface area contributed by atoms with Gasteiger partial charge in [0, 0.05) is 19.3 Å². The average molecular weight is 226 g/mol. The zero-order chi connectivity index (χ0) is 11.1. The van der Waals surface area contributed by atoms with Crippen LogP contribution in [0.5, 0.6) is 0 Å². The van der Waals surface area contributed by atoms with Crippen LogP contribution in [0.2, 0.25) is 0 Å². The van der Waals surface area contributed by atoms with Gasteiger partial charge in [-0.15, -0.1) is 0 Å². The first-order valence-electron chi connectivity index (χ1n) is 4.86. The van der Waals surface area contributed by atoms with Crippen LogP contribution in [-0.4, -0.2) is 22.0 Å².